The molecule has 0 radical (unpaired) electrons. The fourth-order valence-corrected chi connectivity index (χ4v) is 2.28. The molecule has 0 bridgehead atoms. The molecule has 0 atom stereocenters. The lowest BCUT2D eigenvalue weighted by Gasteiger charge is -2.20. The molecule has 0 saturated heterocycles. The van der Waals surface area contributed by atoms with Gasteiger partial charge in [-0.1, -0.05) is 24.3 Å². The largest absolute Gasteiger partial charge is 0.392 e. The second-order valence-electron chi connectivity index (χ2n) is 4.65. The van der Waals surface area contributed by atoms with E-state index in [4.69, 9.17) is 0 Å². The first-order chi connectivity index (χ1) is 8.31. The highest BCUT2D eigenvalue weighted by Crippen LogP contribution is 2.33. The van der Waals surface area contributed by atoms with Crippen LogP contribution < -0.4 is 4.90 Å². The predicted octanol–water partition coefficient (Wildman–Crippen LogP) is 2.33. The van der Waals surface area contributed by atoms with Crippen LogP contribution in [0.15, 0.2) is 30.5 Å². The molecule has 1 saturated carbocycles. The molecule has 0 spiro atoms. The van der Waals surface area contributed by atoms with Crippen molar-refractivity contribution in [3.05, 3.63) is 36.0 Å². The van der Waals surface area contributed by atoms with E-state index < -0.39 is 0 Å². The van der Waals surface area contributed by atoms with Crippen LogP contribution in [0.3, 0.4) is 0 Å². The van der Waals surface area contributed by atoms with Crippen LogP contribution in [-0.2, 0) is 6.61 Å². The Morgan fingerprint density at radius 2 is 2.00 bits per heavy atom. The standard InChI is InChI=1S/C14H16N2O/c1-16(11-6-7-11)14-13-5-3-2-4-12(13)10(9-17)8-15-14/h2-5,8,11,17H,6-7,9H2,1H3. The van der Waals surface area contributed by atoms with Gasteiger partial charge < -0.3 is 10.0 Å². The van der Waals surface area contributed by atoms with Gasteiger partial charge in [0.1, 0.15) is 5.82 Å². The number of aliphatic hydroxyl groups excluding tert-OH is 1. The minimum absolute atomic E-state index is 0.0426. The van der Waals surface area contributed by atoms with E-state index in [1.165, 1.54) is 12.8 Å². The number of aliphatic hydroxyl groups is 1. The molecule has 1 N–H and O–H groups in total. The number of aromatic nitrogens is 1. The summed E-state index contributed by atoms with van der Waals surface area (Å²) in [5, 5.41) is 11.6. The number of pyridine rings is 1. The van der Waals surface area contributed by atoms with Crippen molar-refractivity contribution < 1.29 is 5.11 Å². The molecule has 2 aromatic rings. The molecule has 3 heteroatoms. The number of anilines is 1. The Kier molecular flexibility index (Phi) is 2.48. The monoisotopic (exact) mass is 228 g/mol. The van der Waals surface area contributed by atoms with Crippen molar-refractivity contribution in [3.8, 4) is 0 Å². The molecule has 3 nitrogen and oxygen atoms in total. The summed E-state index contributed by atoms with van der Waals surface area (Å²) >= 11 is 0. The van der Waals surface area contributed by atoms with Gasteiger partial charge >= 0.3 is 0 Å². The molecular weight excluding hydrogens is 212 g/mol. The molecule has 1 heterocycles. The van der Waals surface area contributed by atoms with E-state index in [9.17, 15) is 5.11 Å². The molecule has 1 aliphatic carbocycles. The molecule has 0 amide bonds. The van der Waals surface area contributed by atoms with Gasteiger partial charge in [0, 0.05) is 30.2 Å². The van der Waals surface area contributed by atoms with Crippen LogP contribution in [0.25, 0.3) is 10.8 Å². The van der Waals surface area contributed by atoms with Gasteiger partial charge in [-0.3, -0.25) is 0 Å². The zero-order chi connectivity index (χ0) is 11.8. The van der Waals surface area contributed by atoms with Gasteiger partial charge in [0.25, 0.3) is 0 Å². The van der Waals surface area contributed by atoms with Crippen molar-refractivity contribution in [3.63, 3.8) is 0 Å². The number of hydrogen-bond donors (Lipinski definition) is 1. The molecule has 1 aliphatic rings. The highest BCUT2D eigenvalue weighted by atomic mass is 16.3. The normalized spacial score (nSPS) is 15.2. The molecular formula is C14H16N2O. The first-order valence-electron chi connectivity index (χ1n) is 6.01. The molecule has 17 heavy (non-hydrogen) atoms. The molecule has 0 unspecified atom stereocenters. The van der Waals surface area contributed by atoms with Crippen LogP contribution in [0.4, 0.5) is 5.82 Å². The number of nitrogens with zero attached hydrogens (tertiary/aromatic N) is 2. The van der Waals surface area contributed by atoms with Crippen LogP contribution in [0.5, 0.6) is 0 Å². The lowest BCUT2D eigenvalue weighted by Crippen LogP contribution is -2.21. The number of rotatable bonds is 3. The molecule has 1 fully saturated rings. The van der Waals surface area contributed by atoms with Gasteiger partial charge in [-0.15, -0.1) is 0 Å². The summed E-state index contributed by atoms with van der Waals surface area (Å²) in [6.45, 7) is 0.0426. The molecule has 1 aromatic carbocycles. The highest BCUT2D eigenvalue weighted by Gasteiger charge is 2.28. The van der Waals surface area contributed by atoms with Gasteiger partial charge in [-0.05, 0) is 18.2 Å². The van der Waals surface area contributed by atoms with Crippen molar-refractivity contribution in [2.75, 3.05) is 11.9 Å². The van der Waals surface area contributed by atoms with Crippen molar-refractivity contribution in [1.82, 2.24) is 4.98 Å². The van der Waals surface area contributed by atoms with Crippen LogP contribution in [0.2, 0.25) is 0 Å². The molecule has 3 rings (SSSR count). The van der Waals surface area contributed by atoms with E-state index >= 15 is 0 Å². The SMILES string of the molecule is CN(c1ncc(CO)c2ccccc12)C1CC1. The summed E-state index contributed by atoms with van der Waals surface area (Å²) < 4.78 is 0. The Bertz CT molecular complexity index is 549. The topological polar surface area (TPSA) is 36.4 Å². The first-order valence-corrected chi connectivity index (χ1v) is 6.01. The van der Waals surface area contributed by atoms with E-state index in [0.29, 0.717) is 6.04 Å². The van der Waals surface area contributed by atoms with E-state index in [2.05, 4.69) is 23.0 Å². The zero-order valence-corrected chi connectivity index (χ0v) is 9.93. The summed E-state index contributed by atoms with van der Waals surface area (Å²) in [5.41, 5.74) is 0.897. The first kappa shape index (κ1) is 10.5. The summed E-state index contributed by atoms with van der Waals surface area (Å²) in [7, 11) is 2.10. The van der Waals surface area contributed by atoms with Crippen molar-refractivity contribution in [1.29, 1.82) is 0 Å². The quantitative estimate of drug-likeness (QED) is 0.876. The van der Waals surface area contributed by atoms with Crippen molar-refractivity contribution in [2.24, 2.45) is 0 Å². The van der Waals surface area contributed by atoms with Gasteiger partial charge in [0.2, 0.25) is 0 Å². The maximum absolute atomic E-state index is 9.33. The lowest BCUT2D eigenvalue weighted by atomic mass is 10.1. The summed E-state index contributed by atoms with van der Waals surface area (Å²) in [6, 6.07) is 8.80. The average Bonchev–Trinajstić information content (AvgIpc) is 3.21. The van der Waals surface area contributed by atoms with Crippen LogP contribution in [-0.4, -0.2) is 23.2 Å². The smallest absolute Gasteiger partial charge is 0.136 e. The number of hydrogen-bond acceptors (Lipinski definition) is 3. The summed E-state index contributed by atoms with van der Waals surface area (Å²) in [4.78, 5) is 6.76. The molecule has 0 aliphatic heterocycles. The van der Waals surface area contributed by atoms with E-state index in [-0.39, 0.29) is 6.61 Å². The Morgan fingerprint density at radius 1 is 1.29 bits per heavy atom. The summed E-state index contributed by atoms with van der Waals surface area (Å²) in [6.07, 6.45) is 4.30. The minimum atomic E-state index is 0.0426. The van der Waals surface area contributed by atoms with E-state index in [1.807, 2.05) is 18.2 Å². The van der Waals surface area contributed by atoms with Gasteiger partial charge in [-0.25, -0.2) is 4.98 Å². The third kappa shape index (κ3) is 1.76. The van der Waals surface area contributed by atoms with Gasteiger partial charge in [-0.2, -0.15) is 0 Å². The number of benzene rings is 1. The Labute approximate surface area is 101 Å². The Morgan fingerprint density at radius 3 is 2.65 bits per heavy atom. The maximum Gasteiger partial charge on any atom is 0.136 e. The minimum Gasteiger partial charge on any atom is -0.392 e. The van der Waals surface area contributed by atoms with Crippen LogP contribution in [0.1, 0.15) is 18.4 Å². The highest BCUT2D eigenvalue weighted by molar-refractivity contribution is 5.94. The van der Waals surface area contributed by atoms with Crippen LogP contribution >= 0.6 is 0 Å². The lowest BCUT2D eigenvalue weighted by molar-refractivity contribution is 0.283. The van der Waals surface area contributed by atoms with Crippen LogP contribution in [0, 0.1) is 0 Å². The van der Waals surface area contributed by atoms with E-state index in [0.717, 1.165) is 22.2 Å². The molecule has 1 aromatic heterocycles. The third-order valence-corrected chi connectivity index (χ3v) is 3.46. The summed E-state index contributed by atoms with van der Waals surface area (Å²) in [5.74, 6) is 1.03. The second kappa shape index (κ2) is 4.00. The Hall–Kier alpha value is -1.61. The van der Waals surface area contributed by atoms with E-state index in [1.54, 1.807) is 6.20 Å². The third-order valence-electron chi connectivity index (χ3n) is 3.46. The Balaban J connectivity index is 2.18. The number of fused-ring (bicyclic) bond motifs is 1. The fourth-order valence-electron chi connectivity index (χ4n) is 2.28. The predicted molar refractivity (Wildman–Crippen MR) is 69.1 cm³/mol. The second-order valence-corrected chi connectivity index (χ2v) is 4.65. The maximum atomic E-state index is 9.33. The van der Waals surface area contributed by atoms with Gasteiger partial charge in [0.05, 0.1) is 6.61 Å². The van der Waals surface area contributed by atoms with Gasteiger partial charge in [0.15, 0.2) is 0 Å². The molecule has 88 valence electrons. The zero-order valence-electron chi connectivity index (χ0n) is 9.93. The van der Waals surface area contributed by atoms with Crippen molar-refractivity contribution in [2.45, 2.75) is 25.5 Å². The van der Waals surface area contributed by atoms with Crippen molar-refractivity contribution >= 4 is 16.6 Å². The fraction of sp³-hybridized carbons (Fsp3) is 0.357. The average molecular weight is 228 g/mol.